The van der Waals surface area contributed by atoms with E-state index in [1.807, 2.05) is 6.07 Å². The molecule has 1 amide bonds. The Labute approximate surface area is 194 Å². The maximum atomic E-state index is 12.8. The molecule has 5 nitrogen and oxygen atoms in total. The van der Waals surface area contributed by atoms with E-state index in [1.165, 1.54) is 11.1 Å². The SMILES string of the molecule is Cc1ccc(Sc2nccnc2N2CCC[C@H](C(=O)NCCCc3ccccc3)C2)cc1. The lowest BCUT2D eigenvalue weighted by molar-refractivity contribution is -0.125. The number of rotatable bonds is 8. The Morgan fingerprint density at radius 2 is 1.88 bits per heavy atom. The third-order valence-electron chi connectivity index (χ3n) is 5.76. The molecule has 0 bridgehead atoms. The fourth-order valence-electron chi connectivity index (χ4n) is 4.00. The molecule has 0 radical (unpaired) electrons. The Kier molecular flexibility index (Phi) is 7.77. The van der Waals surface area contributed by atoms with E-state index >= 15 is 0 Å². The minimum atomic E-state index is -0.0142. The highest BCUT2D eigenvalue weighted by molar-refractivity contribution is 7.99. The number of piperidine rings is 1. The number of aryl methyl sites for hydroxylation is 2. The molecule has 0 aliphatic carbocycles. The Bertz CT molecular complexity index is 1010. The van der Waals surface area contributed by atoms with Gasteiger partial charge in [0.25, 0.3) is 0 Å². The van der Waals surface area contributed by atoms with Crippen molar-refractivity contribution in [3.63, 3.8) is 0 Å². The number of benzene rings is 2. The van der Waals surface area contributed by atoms with Gasteiger partial charge in [-0.25, -0.2) is 9.97 Å². The Balaban J connectivity index is 1.33. The first kappa shape index (κ1) is 22.3. The number of nitrogens with one attached hydrogen (secondary N) is 1. The molecule has 1 aliphatic heterocycles. The quantitative estimate of drug-likeness (QED) is 0.499. The number of nitrogens with zero attached hydrogens (tertiary/aromatic N) is 3. The molecule has 0 unspecified atom stereocenters. The second-order valence-electron chi connectivity index (χ2n) is 8.27. The average Bonchev–Trinajstić information content (AvgIpc) is 2.84. The molecule has 1 aliphatic rings. The predicted molar refractivity (Wildman–Crippen MR) is 130 cm³/mol. The second-order valence-corrected chi connectivity index (χ2v) is 9.33. The molecule has 3 aromatic rings. The van der Waals surface area contributed by atoms with Crippen molar-refractivity contribution < 1.29 is 4.79 Å². The highest BCUT2D eigenvalue weighted by atomic mass is 32.2. The van der Waals surface area contributed by atoms with Crippen LogP contribution >= 0.6 is 11.8 Å². The summed E-state index contributed by atoms with van der Waals surface area (Å²) in [5.41, 5.74) is 2.55. The summed E-state index contributed by atoms with van der Waals surface area (Å²) in [4.78, 5) is 25.4. The van der Waals surface area contributed by atoms with Crippen LogP contribution in [-0.2, 0) is 11.2 Å². The minimum Gasteiger partial charge on any atom is -0.356 e. The normalized spacial score (nSPS) is 16.0. The number of amides is 1. The van der Waals surface area contributed by atoms with E-state index in [0.29, 0.717) is 13.1 Å². The highest BCUT2D eigenvalue weighted by Gasteiger charge is 2.28. The van der Waals surface area contributed by atoms with E-state index in [-0.39, 0.29) is 11.8 Å². The van der Waals surface area contributed by atoms with E-state index in [0.717, 1.165) is 48.0 Å². The number of hydrogen-bond donors (Lipinski definition) is 1. The topological polar surface area (TPSA) is 58.1 Å². The van der Waals surface area contributed by atoms with Gasteiger partial charge in [0.1, 0.15) is 5.03 Å². The smallest absolute Gasteiger partial charge is 0.224 e. The van der Waals surface area contributed by atoms with Gasteiger partial charge in [-0.15, -0.1) is 0 Å². The minimum absolute atomic E-state index is 0.0142. The van der Waals surface area contributed by atoms with E-state index in [9.17, 15) is 4.79 Å². The lowest BCUT2D eigenvalue weighted by Gasteiger charge is -2.33. The predicted octanol–water partition coefficient (Wildman–Crippen LogP) is 4.90. The maximum absolute atomic E-state index is 12.8. The van der Waals surface area contributed by atoms with Gasteiger partial charge in [-0.05, 0) is 50.3 Å². The van der Waals surface area contributed by atoms with Crippen LogP contribution in [0.2, 0.25) is 0 Å². The summed E-state index contributed by atoms with van der Waals surface area (Å²) in [5, 5.41) is 4.04. The summed E-state index contributed by atoms with van der Waals surface area (Å²) in [7, 11) is 0. The molecule has 2 heterocycles. The van der Waals surface area contributed by atoms with E-state index in [4.69, 9.17) is 0 Å². The fraction of sp³-hybridized carbons (Fsp3) is 0.346. The molecular formula is C26H30N4OS. The number of aromatic nitrogens is 2. The third-order valence-corrected chi connectivity index (χ3v) is 6.75. The molecule has 4 rings (SSSR count). The van der Waals surface area contributed by atoms with Gasteiger partial charge in [0, 0.05) is 36.9 Å². The summed E-state index contributed by atoms with van der Waals surface area (Å²) in [6, 6.07) is 18.9. The van der Waals surface area contributed by atoms with Crippen molar-refractivity contribution in [2.75, 3.05) is 24.5 Å². The van der Waals surface area contributed by atoms with E-state index in [1.54, 1.807) is 24.2 Å². The monoisotopic (exact) mass is 446 g/mol. The van der Waals surface area contributed by atoms with E-state index < -0.39 is 0 Å². The number of carbonyl (C=O) groups excluding carboxylic acids is 1. The molecule has 6 heteroatoms. The lowest BCUT2D eigenvalue weighted by Crippen LogP contribution is -2.43. The Morgan fingerprint density at radius 1 is 1.09 bits per heavy atom. The number of anilines is 1. The number of carbonyl (C=O) groups is 1. The van der Waals surface area contributed by atoms with Crippen molar-refractivity contribution in [2.45, 2.75) is 42.5 Å². The molecule has 32 heavy (non-hydrogen) atoms. The van der Waals surface area contributed by atoms with Crippen LogP contribution in [-0.4, -0.2) is 35.5 Å². The Hall–Kier alpha value is -2.86. The van der Waals surface area contributed by atoms with Gasteiger partial charge in [-0.1, -0.05) is 59.8 Å². The fourth-order valence-corrected chi connectivity index (χ4v) is 4.88. The highest BCUT2D eigenvalue weighted by Crippen LogP contribution is 2.34. The van der Waals surface area contributed by atoms with Crippen LogP contribution in [0.5, 0.6) is 0 Å². The first-order valence-corrected chi connectivity index (χ1v) is 12.1. The maximum Gasteiger partial charge on any atom is 0.224 e. The van der Waals surface area contributed by atoms with Gasteiger partial charge in [0.2, 0.25) is 5.91 Å². The first-order valence-electron chi connectivity index (χ1n) is 11.3. The molecule has 0 saturated carbocycles. The standard InChI is InChI=1S/C26H30N4OS/c1-20-11-13-23(14-12-20)32-26-24(27-16-17-29-26)30-18-6-10-22(19-30)25(31)28-15-5-9-21-7-3-2-4-8-21/h2-4,7-8,11-14,16-17,22H,5-6,9-10,15,18-19H2,1H3,(H,28,31)/t22-/m0/s1. The Morgan fingerprint density at radius 3 is 2.69 bits per heavy atom. The number of hydrogen-bond acceptors (Lipinski definition) is 5. The van der Waals surface area contributed by atoms with Crippen molar-refractivity contribution in [1.82, 2.24) is 15.3 Å². The molecule has 1 atom stereocenters. The van der Waals surface area contributed by atoms with Crippen molar-refractivity contribution in [1.29, 1.82) is 0 Å². The molecule has 1 N–H and O–H groups in total. The molecule has 1 fully saturated rings. The van der Waals surface area contributed by atoms with Crippen LogP contribution < -0.4 is 10.2 Å². The molecular weight excluding hydrogens is 416 g/mol. The molecule has 1 saturated heterocycles. The van der Waals surface area contributed by atoms with Crippen LogP contribution in [0.15, 0.2) is 76.9 Å². The molecule has 166 valence electrons. The summed E-state index contributed by atoms with van der Waals surface area (Å²) in [5.74, 6) is 1.01. The third kappa shape index (κ3) is 6.10. The first-order chi connectivity index (χ1) is 15.7. The van der Waals surface area contributed by atoms with Gasteiger partial charge in [0.05, 0.1) is 5.92 Å². The summed E-state index contributed by atoms with van der Waals surface area (Å²) >= 11 is 1.63. The van der Waals surface area contributed by atoms with Crippen LogP contribution in [0.3, 0.4) is 0 Å². The van der Waals surface area contributed by atoms with E-state index in [2.05, 4.69) is 75.6 Å². The van der Waals surface area contributed by atoms with Crippen molar-refractivity contribution >= 4 is 23.5 Å². The zero-order valence-corrected chi connectivity index (χ0v) is 19.4. The van der Waals surface area contributed by atoms with Crippen LogP contribution in [0.1, 0.15) is 30.4 Å². The van der Waals surface area contributed by atoms with Crippen LogP contribution in [0.25, 0.3) is 0 Å². The summed E-state index contributed by atoms with van der Waals surface area (Å²) in [6.45, 7) is 4.38. The summed E-state index contributed by atoms with van der Waals surface area (Å²) < 4.78 is 0. The zero-order chi connectivity index (χ0) is 22.2. The van der Waals surface area contributed by atoms with Gasteiger partial charge >= 0.3 is 0 Å². The van der Waals surface area contributed by atoms with Crippen molar-refractivity contribution in [2.24, 2.45) is 5.92 Å². The molecule has 1 aromatic heterocycles. The average molecular weight is 447 g/mol. The summed E-state index contributed by atoms with van der Waals surface area (Å²) in [6.07, 6.45) is 7.31. The second kappa shape index (κ2) is 11.1. The van der Waals surface area contributed by atoms with Gasteiger partial charge in [-0.3, -0.25) is 4.79 Å². The van der Waals surface area contributed by atoms with Crippen molar-refractivity contribution in [3.05, 3.63) is 78.1 Å². The molecule has 2 aromatic carbocycles. The zero-order valence-electron chi connectivity index (χ0n) is 18.5. The largest absolute Gasteiger partial charge is 0.356 e. The lowest BCUT2D eigenvalue weighted by atomic mass is 9.97. The van der Waals surface area contributed by atoms with Gasteiger partial charge in [0.15, 0.2) is 5.82 Å². The van der Waals surface area contributed by atoms with Crippen LogP contribution in [0.4, 0.5) is 5.82 Å². The van der Waals surface area contributed by atoms with Gasteiger partial charge < -0.3 is 10.2 Å². The van der Waals surface area contributed by atoms with Gasteiger partial charge in [-0.2, -0.15) is 0 Å². The molecule has 0 spiro atoms. The van der Waals surface area contributed by atoms with Crippen molar-refractivity contribution in [3.8, 4) is 0 Å². The van der Waals surface area contributed by atoms with Crippen LogP contribution in [0, 0.1) is 12.8 Å².